The quantitative estimate of drug-likeness (QED) is 0.775. The summed E-state index contributed by atoms with van der Waals surface area (Å²) >= 11 is 3.32. The molecule has 2 aromatic rings. The van der Waals surface area contributed by atoms with Gasteiger partial charge in [-0.05, 0) is 67.5 Å². The summed E-state index contributed by atoms with van der Waals surface area (Å²) in [6.07, 6.45) is 4.62. The lowest BCUT2D eigenvalue weighted by Crippen LogP contribution is -2.27. The van der Waals surface area contributed by atoms with Crippen molar-refractivity contribution in [1.82, 2.24) is 4.72 Å². The van der Waals surface area contributed by atoms with Gasteiger partial charge < -0.3 is 4.74 Å². The Bertz CT molecular complexity index is 880. The number of nitrogens with one attached hydrogen (secondary N) is 1. The molecule has 0 saturated carbocycles. The summed E-state index contributed by atoms with van der Waals surface area (Å²) in [5.74, 6) is 0.327. The van der Waals surface area contributed by atoms with Gasteiger partial charge in [-0.15, -0.1) is 0 Å². The SMILES string of the molecule is COc1ccc(Br)cc1S(=O)(=O)N[C@H](C)c1ccc2c(c1)CCCC2. The number of hydrogen-bond acceptors (Lipinski definition) is 3. The maximum absolute atomic E-state index is 12.8. The molecule has 0 bridgehead atoms. The van der Waals surface area contributed by atoms with E-state index in [9.17, 15) is 8.42 Å². The zero-order chi connectivity index (χ0) is 18.0. The second-order valence-corrected chi connectivity index (χ2v) is 8.97. The Morgan fingerprint density at radius 3 is 2.52 bits per heavy atom. The highest BCUT2D eigenvalue weighted by molar-refractivity contribution is 9.10. The van der Waals surface area contributed by atoms with E-state index in [-0.39, 0.29) is 10.9 Å². The molecule has 1 atom stereocenters. The highest BCUT2D eigenvalue weighted by Crippen LogP contribution is 2.29. The van der Waals surface area contributed by atoms with Crippen LogP contribution in [0, 0.1) is 0 Å². The van der Waals surface area contributed by atoms with Crippen molar-refractivity contribution < 1.29 is 13.2 Å². The number of aryl methyl sites for hydroxylation is 2. The molecule has 0 unspecified atom stereocenters. The Morgan fingerprint density at radius 2 is 1.80 bits per heavy atom. The topological polar surface area (TPSA) is 55.4 Å². The molecule has 3 rings (SSSR count). The molecule has 0 radical (unpaired) electrons. The van der Waals surface area contributed by atoms with Crippen LogP contribution in [0.4, 0.5) is 0 Å². The minimum Gasteiger partial charge on any atom is -0.495 e. The maximum Gasteiger partial charge on any atom is 0.244 e. The smallest absolute Gasteiger partial charge is 0.244 e. The predicted octanol–water partition coefficient (Wildman–Crippen LogP) is 4.38. The minimum absolute atomic E-state index is 0.134. The zero-order valence-corrected chi connectivity index (χ0v) is 16.8. The second kappa shape index (κ2) is 7.48. The van der Waals surface area contributed by atoms with Crippen molar-refractivity contribution in [3.63, 3.8) is 0 Å². The molecule has 1 aliphatic carbocycles. The molecule has 0 heterocycles. The summed E-state index contributed by atoms with van der Waals surface area (Å²) < 4.78 is 34.3. The average Bonchev–Trinajstić information content (AvgIpc) is 2.61. The molecule has 1 N–H and O–H groups in total. The van der Waals surface area contributed by atoms with Gasteiger partial charge in [-0.1, -0.05) is 34.1 Å². The lowest BCUT2D eigenvalue weighted by Gasteiger charge is -2.20. The van der Waals surface area contributed by atoms with Gasteiger partial charge in [0, 0.05) is 10.5 Å². The molecule has 0 saturated heterocycles. The first kappa shape index (κ1) is 18.4. The molecule has 1 aliphatic rings. The van der Waals surface area contributed by atoms with Gasteiger partial charge in [0.1, 0.15) is 10.6 Å². The van der Waals surface area contributed by atoms with Gasteiger partial charge in [0.25, 0.3) is 0 Å². The Morgan fingerprint density at radius 1 is 1.08 bits per heavy atom. The first-order valence-electron chi connectivity index (χ1n) is 8.38. The summed E-state index contributed by atoms with van der Waals surface area (Å²) in [5, 5.41) is 0. The van der Waals surface area contributed by atoms with Gasteiger partial charge in [-0.3, -0.25) is 0 Å². The molecule has 6 heteroatoms. The number of hydrogen-bond donors (Lipinski definition) is 1. The Balaban J connectivity index is 1.87. The first-order chi connectivity index (χ1) is 11.9. The summed E-state index contributed by atoms with van der Waals surface area (Å²) in [4.78, 5) is 0.134. The fourth-order valence-corrected chi connectivity index (χ4v) is 5.19. The maximum atomic E-state index is 12.8. The van der Waals surface area contributed by atoms with Gasteiger partial charge in [-0.2, -0.15) is 0 Å². The van der Waals surface area contributed by atoms with Crippen LogP contribution in [0.1, 0.15) is 42.5 Å². The second-order valence-electron chi connectivity index (χ2n) is 6.37. The van der Waals surface area contributed by atoms with Gasteiger partial charge in [-0.25, -0.2) is 13.1 Å². The number of methoxy groups -OCH3 is 1. The van der Waals surface area contributed by atoms with Crippen LogP contribution >= 0.6 is 15.9 Å². The Labute approximate surface area is 157 Å². The molecule has 0 spiro atoms. The number of rotatable bonds is 5. The van der Waals surface area contributed by atoms with Crippen molar-refractivity contribution in [3.05, 3.63) is 57.6 Å². The lowest BCUT2D eigenvalue weighted by atomic mass is 9.89. The van der Waals surface area contributed by atoms with Crippen molar-refractivity contribution in [2.45, 2.75) is 43.5 Å². The van der Waals surface area contributed by atoms with Gasteiger partial charge in [0.15, 0.2) is 0 Å². The molecule has 2 aromatic carbocycles. The van der Waals surface area contributed by atoms with Crippen LogP contribution in [0.3, 0.4) is 0 Å². The molecule has 4 nitrogen and oxygen atoms in total. The van der Waals surface area contributed by atoms with E-state index in [2.05, 4.69) is 32.8 Å². The fraction of sp³-hybridized carbons (Fsp3) is 0.368. The van der Waals surface area contributed by atoms with Crippen LogP contribution in [-0.2, 0) is 22.9 Å². The molecule has 134 valence electrons. The third kappa shape index (κ3) is 4.07. The standard InChI is InChI=1S/C19H22BrNO3S/c1-13(15-8-7-14-5-3-4-6-16(14)11-15)21-25(22,23)19-12-17(20)9-10-18(19)24-2/h7-13,21H,3-6H2,1-2H3/t13-/m1/s1. The Kier molecular flexibility index (Phi) is 5.51. The number of halogens is 1. The van der Waals surface area contributed by atoms with E-state index in [1.165, 1.54) is 31.1 Å². The zero-order valence-electron chi connectivity index (χ0n) is 14.4. The highest BCUT2D eigenvalue weighted by atomic mass is 79.9. The van der Waals surface area contributed by atoms with Crippen LogP contribution < -0.4 is 9.46 Å². The van der Waals surface area contributed by atoms with Crippen molar-refractivity contribution >= 4 is 26.0 Å². The highest BCUT2D eigenvalue weighted by Gasteiger charge is 2.23. The van der Waals surface area contributed by atoms with E-state index >= 15 is 0 Å². The van der Waals surface area contributed by atoms with Crippen LogP contribution in [0.2, 0.25) is 0 Å². The number of ether oxygens (including phenoxy) is 1. The van der Waals surface area contributed by atoms with Crippen LogP contribution in [0.15, 0.2) is 45.8 Å². The van der Waals surface area contributed by atoms with E-state index in [1.54, 1.807) is 18.2 Å². The fourth-order valence-electron chi connectivity index (χ4n) is 3.25. The van der Waals surface area contributed by atoms with Gasteiger partial charge >= 0.3 is 0 Å². The summed E-state index contributed by atoms with van der Waals surface area (Å²) in [6.45, 7) is 1.87. The van der Waals surface area contributed by atoms with Crippen LogP contribution in [-0.4, -0.2) is 15.5 Å². The lowest BCUT2D eigenvalue weighted by molar-refractivity contribution is 0.402. The molecule has 25 heavy (non-hydrogen) atoms. The number of sulfonamides is 1. The van der Waals surface area contributed by atoms with Crippen LogP contribution in [0.25, 0.3) is 0 Å². The summed E-state index contributed by atoms with van der Waals surface area (Å²) in [5.41, 5.74) is 3.71. The average molecular weight is 424 g/mol. The number of fused-ring (bicyclic) bond motifs is 1. The van der Waals surface area contributed by atoms with E-state index in [0.717, 1.165) is 18.4 Å². The minimum atomic E-state index is -3.70. The van der Waals surface area contributed by atoms with Crippen molar-refractivity contribution in [3.8, 4) is 5.75 Å². The van der Waals surface area contributed by atoms with Gasteiger partial charge in [0.05, 0.1) is 7.11 Å². The van der Waals surface area contributed by atoms with E-state index in [0.29, 0.717) is 10.2 Å². The molecule has 0 aromatic heterocycles. The van der Waals surface area contributed by atoms with E-state index < -0.39 is 10.0 Å². The van der Waals surface area contributed by atoms with Crippen molar-refractivity contribution in [2.75, 3.05) is 7.11 Å². The first-order valence-corrected chi connectivity index (χ1v) is 10.7. The normalized spacial score (nSPS) is 15.5. The van der Waals surface area contributed by atoms with Crippen molar-refractivity contribution in [2.24, 2.45) is 0 Å². The third-order valence-electron chi connectivity index (χ3n) is 4.62. The monoisotopic (exact) mass is 423 g/mol. The van der Waals surface area contributed by atoms with E-state index in [1.807, 2.05) is 13.0 Å². The summed E-state index contributed by atoms with van der Waals surface area (Å²) in [7, 11) is -2.23. The molecule has 0 fully saturated rings. The van der Waals surface area contributed by atoms with Gasteiger partial charge in [0.2, 0.25) is 10.0 Å². The third-order valence-corrected chi connectivity index (χ3v) is 6.67. The molecular formula is C19H22BrNO3S. The van der Waals surface area contributed by atoms with Crippen molar-refractivity contribution in [1.29, 1.82) is 0 Å². The van der Waals surface area contributed by atoms with E-state index in [4.69, 9.17) is 4.74 Å². The molecule has 0 amide bonds. The summed E-state index contributed by atoms with van der Waals surface area (Å²) in [6, 6.07) is 10.9. The number of benzene rings is 2. The van der Waals surface area contributed by atoms with Crippen LogP contribution in [0.5, 0.6) is 5.75 Å². The molecular weight excluding hydrogens is 402 g/mol. The molecule has 0 aliphatic heterocycles. The Hall–Kier alpha value is -1.37. The largest absolute Gasteiger partial charge is 0.495 e. The predicted molar refractivity (Wildman–Crippen MR) is 103 cm³/mol.